The van der Waals surface area contributed by atoms with E-state index in [4.69, 9.17) is 5.11 Å². The third-order valence-corrected chi connectivity index (χ3v) is 4.04. The van der Waals surface area contributed by atoms with Crippen molar-refractivity contribution < 1.29 is 5.11 Å². The van der Waals surface area contributed by atoms with Crippen LogP contribution in [0.15, 0.2) is 15.9 Å². The molecule has 1 rings (SSSR count). The van der Waals surface area contributed by atoms with Crippen molar-refractivity contribution in [1.82, 2.24) is 5.32 Å². The van der Waals surface area contributed by atoms with Crippen LogP contribution in [0.5, 0.6) is 0 Å². The van der Waals surface area contributed by atoms with E-state index in [0.717, 1.165) is 13.0 Å². The molecule has 15 heavy (non-hydrogen) atoms. The van der Waals surface area contributed by atoms with Crippen molar-refractivity contribution in [3.8, 4) is 0 Å². The number of hydrogen-bond acceptors (Lipinski definition) is 3. The molecular formula is C11H18BrNOS. The Kier molecular flexibility index (Phi) is 5.82. The van der Waals surface area contributed by atoms with E-state index < -0.39 is 0 Å². The first-order valence-corrected chi connectivity index (χ1v) is 6.83. The molecule has 4 heteroatoms. The van der Waals surface area contributed by atoms with Gasteiger partial charge in [0.15, 0.2) is 0 Å². The first kappa shape index (κ1) is 13.2. The maximum Gasteiger partial charge on any atom is 0.0701 e. The highest BCUT2D eigenvalue weighted by molar-refractivity contribution is 9.11. The molecule has 86 valence electrons. The highest BCUT2D eigenvalue weighted by Gasteiger charge is 2.12. The van der Waals surface area contributed by atoms with Crippen molar-refractivity contribution in [2.45, 2.75) is 32.9 Å². The minimum Gasteiger partial charge on any atom is -0.396 e. The van der Waals surface area contributed by atoms with Gasteiger partial charge in [-0.05, 0) is 40.4 Å². The van der Waals surface area contributed by atoms with Crippen LogP contribution in [0.4, 0.5) is 0 Å². The van der Waals surface area contributed by atoms with Gasteiger partial charge in [-0.3, -0.25) is 0 Å². The largest absolute Gasteiger partial charge is 0.396 e. The molecule has 0 radical (unpaired) electrons. The molecule has 0 aromatic carbocycles. The number of hydrogen-bond donors (Lipinski definition) is 2. The number of aliphatic hydroxyl groups excluding tert-OH is 1. The smallest absolute Gasteiger partial charge is 0.0701 e. The van der Waals surface area contributed by atoms with E-state index in [2.05, 4.69) is 47.2 Å². The van der Waals surface area contributed by atoms with Crippen LogP contribution < -0.4 is 5.32 Å². The van der Waals surface area contributed by atoms with Gasteiger partial charge in [0, 0.05) is 24.1 Å². The van der Waals surface area contributed by atoms with Crippen LogP contribution in [0.25, 0.3) is 0 Å². The lowest BCUT2D eigenvalue weighted by Gasteiger charge is -2.21. The summed E-state index contributed by atoms with van der Waals surface area (Å²) in [5.41, 5.74) is 0. The lowest BCUT2D eigenvalue weighted by Crippen LogP contribution is -2.33. The summed E-state index contributed by atoms with van der Waals surface area (Å²) in [5, 5.41) is 12.4. The van der Waals surface area contributed by atoms with Crippen LogP contribution in [0.3, 0.4) is 0 Å². The van der Waals surface area contributed by atoms with Crippen LogP contribution in [-0.4, -0.2) is 17.8 Å². The average Bonchev–Trinajstić information content (AvgIpc) is 2.58. The molecule has 0 aliphatic carbocycles. The lowest BCUT2D eigenvalue weighted by molar-refractivity contribution is 0.244. The number of thiophene rings is 1. The van der Waals surface area contributed by atoms with Crippen molar-refractivity contribution >= 4 is 27.3 Å². The summed E-state index contributed by atoms with van der Waals surface area (Å²) >= 11 is 5.20. The highest BCUT2D eigenvalue weighted by atomic mass is 79.9. The van der Waals surface area contributed by atoms with E-state index in [9.17, 15) is 0 Å². The third kappa shape index (κ3) is 4.64. The summed E-state index contributed by atoms with van der Waals surface area (Å²) < 4.78 is 1.17. The highest BCUT2D eigenvalue weighted by Crippen LogP contribution is 2.22. The molecule has 0 spiro atoms. The van der Waals surface area contributed by atoms with Gasteiger partial charge in [0.05, 0.1) is 3.79 Å². The van der Waals surface area contributed by atoms with Gasteiger partial charge in [0.1, 0.15) is 0 Å². The predicted octanol–water partition coefficient (Wildman–Crippen LogP) is 3.01. The zero-order valence-electron chi connectivity index (χ0n) is 9.16. The Balaban J connectivity index is 2.39. The molecule has 2 nitrogen and oxygen atoms in total. The fraction of sp³-hybridized carbons (Fsp3) is 0.636. The Labute approximate surface area is 104 Å². The quantitative estimate of drug-likeness (QED) is 0.845. The zero-order chi connectivity index (χ0) is 11.3. The van der Waals surface area contributed by atoms with Crippen molar-refractivity contribution in [2.75, 3.05) is 6.61 Å². The number of halogens is 1. The molecule has 1 atom stereocenters. The van der Waals surface area contributed by atoms with Gasteiger partial charge in [-0.25, -0.2) is 0 Å². The fourth-order valence-electron chi connectivity index (χ4n) is 1.49. The Morgan fingerprint density at radius 1 is 1.47 bits per heavy atom. The summed E-state index contributed by atoms with van der Waals surface area (Å²) in [4.78, 5) is 1.32. The summed E-state index contributed by atoms with van der Waals surface area (Å²) in [5.74, 6) is 0.556. The Hall–Kier alpha value is 0.1000. The monoisotopic (exact) mass is 291 g/mol. The molecule has 0 aliphatic heterocycles. The van der Waals surface area contributed by atoms with Gasteiger partial charge in [0.2, 0.25) is 0 Å². The second kappa shape index (κ2) is 6.63. The molecule has 0 amide bonds. The normalized spacial score (nSPS) is 13.4. The Morgan fingerprint density at radius 3 is 2.67 bits per heavy atom. The SMILES string of the molecule is CC(C)C(CCO)NCc1ccc(Br)s1. The standard InChI is InChI=1S/C11H18BrNOS/c1-8(2)10(5-6-14)13-7-9-3-4-11(12)15-9/h3-4,8,10,13-14H,5-7H2,1-2H3. The average molecular weight is 292 g/mol. The number of nitrogens with one attached hydrogen (secondary N) is 1. The van der Waals surface area contributed by atoms with Crippen molar-refractivity contribution in [3.05, 3.63) is 20.8 Å². The van der Waals surface area contributed by atoms with Crippen molar-refractivity contribution in [2.24, 2.45) is 5.92 Å². The van der Waals surface area contributed by atoms with Crippen molar-refractivity contribution in [3.63, 3.8) is 0 Å². The molecular weight excluding hydrogens is 274 g/mol. The fourth-order valence-corrected chi connectivity index (χ4v) is 2.92. The van der Waals surface area contributed by atoms with Crippen LogP contribution >= 0.6 is 27.3 Å². The molecule has 0 saturated carbocycles. The first-order chi connectivity index (χ1) is 7.13. The molecule has 1 unspecified atom stereocenters. The molecule has 2 N–H and O–H groups in total. The predicted molar refractivity (Wildman–Crippen MR) is 69.2 cm³/mol. The molecule has 1 heterocycles. The van der Waals surface area contributed by atoms with E-state index in [1.165, 1.54) is 8.66 Å². The van der Waals surface area contributed by atoms with Gasteiger partial charge >= 0.3 is 0 Å². The van der Waals surface area contributed by atoms with Crippen LogP contribution in [0.1, 0.15) is 25.1 Å². The number of aliphatic hydroxyl groups is 1. The van der Waals surface area contributed by atoms with Crippen LogP contribution in [0, 0.1) is 5.92 Å². The molecule has 1 aromatic rings. The maximum absolute atomic E-state index is 8.94. The minimum atomic E-state index is 0.254. The topological polar surface area (TPSA) is 32.3 Å². The van der Waals surface area contributed by atoms with Gasteiger partial charge in [-0.15, -0.1) is 11.3 Å². The van der Waals surface area contributed by atoms with Crippen LogP contribution in [-0.2, 0) is 6.54 Å². The molecule has 0 aliphatic rings. The van der Waals surface area contributed by atoms with E-state index in [1.54, 1.807) is 11.3 Å². The Bertz CT molecular complexity index is 288. The maximum atomic E-state index is 8.94. The summed E-state index contributed by atoms with van der Waals surface area (Å²) in [7, 11) is 0. The second-order valence-corrected chi connectivity index (χ2v) is 6.50. The van der Waals surface area contributed by atoms with Gasteiger partial charge in [0.25, 0.3) is 0 Å². The molecule has 0 fully saturated rings. The lowest BCUT2D eigenvalue weighted by atomic mass is 10.0. The van der Waals surface area contributed by atoms with E-state index in [1.807, 2.05) is 0 Å². The number of rotatable bonds is 6. The third-order valence-electron chi connectivity index (χ3n) is 2.41. The van der Waals surface area contributed by atoms with Gasteiger partial charge in [-0.2, -0.15) is 0 Å². The molecule has 1 aromatic heterocycles. The molecule has 0 saturated heterocycles. The Morgan fingerprint density at radius 2 is 2.20 bits per heavy atom. The van der Waals surface area contributed by atoms with Crippen LogP contribution in [0.2, 0.25) is 0 Å². The summed E-state index contributed by atoms with van der Waals surface area (Å²) in [6, 6.07) is 4.59. The van der Waals surface area contributed by atoms with Crippen molar-refractivity contribution in [1.29, 1.82) is 0 Å². The first-order valence-electron chi connectivity index (χ1n) is 5.22. The summed E-state index contributed by atoms with van der Waals surface area (Å²) in [6.07, 6.45) is 0.824. The van der Waals surface area contributed by atoms with E-state index in [-0.39, 0.29) is 6.61 Å². The zero-order valence-corrected chi connectivity index (χ0v) is 11.6. The van der Waals surface area contributed by atoms with Gasteiger partial charge < -0.3 is 10.4 Å². The molecule has 0 bridgehead atoms. The minimum absolute atomic E-state index is 0.254. The van der Waals surface area contributed by atoms with Gasteiger partial charge in [-0.1, -0.05) is 13.8 Å². The van der Waals surface area contributed by atoms with E-state index >= 15 is 0 Å². The van der Waals surface area contributed by atoms with E-state index in [0.29, 0.717) is 12.0 Å². The summed E-state index contributed by atoms with van der Waals surface area (Å²) in [6.45, 7) is 5.50. The second-order valence-electron chi connectivity index (χ2n) is 3.95.